The van der Waals surface area contributed by atoms with Crippen LogP contribution >= 0.6 is 0 Å². The van der Waals surface area contributed by atoms with Crippen LogP contribution in [0.4, 0.5) is 0 Å². The molecule has 2 heterocycles. The van der Waals surface area contributed by atoms with Gasteiger partial charge in [0, 0.05) is 43.6 Å². The summed E-state index contributed by atoms with van der Waals surface area (Å²) in [6.07, 6.45) is 2.35. The average molecular weight is 443 g/mol. The molecule has 2 aromatic carbocycles. The molecule has 6 nitrogen and oxygen atoms in total. The number of hydrogen-bond donors (Lipinski definition) is 0. The van der Waals surface area contributed by atoms with Gasteiger partial charge in [-0.15, -0.1) is 0 Å². The standard InChI is InChI=1S/C27H26N2O4/c30-24-12-21(17-7-1-3-9-19(17)24)26(32)28-14-16-6-5-11-29(23(16)15-28)27(33)22-13-25(31)20-10-4-2-8-18(20)22/h1-4,7-10,16,21-23H,5-6,11-15H2/t16-,21?,22?,23+/m0/s1. The van der Waals surface area contributed by atoms with Crippen molar-refractivity contribution in [1.29, 1.82) is 0 Å². The Balaban J connectivity index is 1.22. The van der Waals surface area contributed by atoms with Crippen LogP contribution in [0.1, 0.15) is 69.4 Å². The molecule has 6 rings (SSSR count). The number of carbonyl (C=O) groups is 4. The van der Waals surface area contributed by atoms with Crippen molar-refractivity contribution in [1.82, 2.24) is 9.80 Å². The van der Waals surface area contributed by atoms with E-state index >= 15 is 0 Å². The lowest BCUT2D eigenvalue weighted by Crippen LogP contribution is -2.50. The minimum absolute atomic E-state index is 0.00325. The van der Waals surface area contributed by atoms with Crippen LogP contribution in [0.2, 0.25) is 0 Å². The number of likely N-dealkylation sites (tertiary alicyclic amines) is 2. The smallest absolute Gasteiger partial charge is 0.230 e. The van der Waals surface area contributed by atoms with Crippen molar-refractivity contribution in [2.75, 3.05) is 19.6 Å². The van der Waals surface area contributed by atoms with Gasteiger partial charge < -0.3 is 9.80 Å². The predicted octanol–water partition coefficient (Wildman–Crippen LogP) is 3.18. The molecule has 0 aromatic heterocycles. The van der Waals surface area contributed by atoms with E-state index in [1.165, 1.54) is 0 Å². The first kappa shape index (κ1) is 20.3. The Kier molecular flexibility index (Phi) is 4.71. The molecule has 0 radical (unpaired) electrons. The molecule has 2 saturated heterocycles. The number of ketones is 2. The van der Waals surface area contributed by atoms with Crippen molar-refractivity contribution in [2.45, 2.75) is 43.6 Å². The second-order valence-corrected chi connectivity index (χ2v) is 9.78. The normalized spacial score (nSPS) is 28.0. The van der Waals surface area contributed by atoms with Crippen LogP contribution in [0.15, 0.2) is 48.5 Å². The number of Topliss-reactive ketones (excluding diaryl/α,β-unsaturated/α-hetero) is 2. The zero-order valence-electron chi connectivity index (χ0n) is 18.4. The maximum Gasteiger partial charge on any atom is 0.230 e. The van der Waals surface area contributed by atoms with Crippen LogP contribution < -0.4 is 0 Å². The molecular weight excluding hydrogens is 416 g/mol. The highest BCUT2D eigenvalue weighted by molar-refractivity contribution is 6.07. The first-order valence-corrected chi connectivity index (χ1v) is 11.9. The van der Waals surface area contributed by atoms with Crippen LogP contribution in [0.3, 0.4) is 0 Å². The highest BCUT2D eigenvalue weighted by Crippen LogP contribution is 2.40. The number of carbonyl (C=O) groups excluding carboxylic acids is 4. The molecule has 2 aromatic rings. The summed E-state index contributed by atoms with van der Waals surface area (Å²) in [7, 11) is 0. The van der Waals surface area contributed by atoms with E-state index in [-0.39, 0.29) is 48.2 Å². The van der Waals surface area contributed by atoms with Gasteiger partial charge in [0.25, 0.3) is 0 Å². The van der Waals surface area contributed by atoms with Crippen LogP contribution in [0.5, 0.6) is 0 Å². The van der Waals surface area contributed by atoms with Gasteiger partial charge in [0.2, 0.25) is 11.8 Å². The number of piperidine rings is 1. The molecule has 0 N–H and O–H groups in total. The Morgan fingerprint density at radius 1 is 0.758 bits per heavy atom. The summed E-state index contributed by atoms with van der Waals surface area (Å²) in [5, 5.41) is 0. The molecular formula is C27H26N2O4. The van der Waals surface area contributed by atoms with Crippen LogP contribution in [0, 0.1) is 5.92 Å². The predicted molar refractivity (Wildman–Crippen MR) is 121 cm³/mol. The fourth-order valence-electron chi connectivity index (χ4n) is 6.42. The first-order valence-electron chi connectivity index (χ1n) is 11.9. The molecule has 2 fully saturated rings. The van der Waals surface area contributed by atoms with Gasteiger partial charge in [0.15, 0.2) is 11.6 Å². The van der Waals surface area contributed by atoms with E-state index in [9.17, 15) is 19.2 Å². The van der Waals surface area contributed by atoms with Gasteiger partial charge in [0.1, 0.15) is 0 Å². The van der Waals surface area contributed by atoms with E-state index in [1.807, 2.05) is 46.2 Å². The van der Waals surface area contributed by atoms with E-state index in [0.717, 1.165) is 24.0 Å². The molecule has 2 amide bonds. The lowest BCUT2D eigenvalue weighted by atomic mass is 9.90. The minimum atomic E-state index is -0.420. The molecule has 33 heavy (non-hydrogen) atoms. The van der Waals surface area contributed by atoms with E-state index in [4.69, 9.17) is 0 Å². The Morgan fingerprint density at radius 2 is 1.33 bits per heavy atom. The van der Waals surface area contributed by atoms with E-state index in [0.29, 0.717) is 30.8 Å². The second-order valence-electron chi connectivity index (χ2n) is 9.78. The van der Waals surface area contributed by atoms with Crippen LogP contribution in [0.25, 0.3) is 0 Å². The highest BCUT2D eigenvalue weighted by atomic mass is 16.2. The summed E-state index contributed by atoms with van der Waals surface area (Å²) in [6, 6.07) is 14.8. The van der Waals surface area contributed by atoms with Gasteiger partial charge in [-0.3, -0.25) is 19.2 Å². The Morgan fingerprint density at radius 3 is 1.97 bits per heavy atom. The van der Waals surface area contributed by atoms with Crippen molar-refractivity contribution >= 4 is 23.4 Å². The Labute approximate surface area is 192 Å². The third kappa shape index (κ3) is 3.15. The van der Waals surface area contributed by atoms with Gasteiger partial charge in [-0.1, -0.05) is 48.5 Å². The molecule has 4 atom stereocenters. The van der Waals surface area contributed by atoms with Gasteiger partial charge in [-0.25, -0.2) is 0 Å². The largest absolute Gasteiger partial charge is 0.340 e. The Bertz CT molecular complexity index is 1190. The lowest BCUT2D eigenvalue weighted by Gasteiger charge is -2.38. The number of hydrogen-bond acceptors (Lipinski definition) is 4. The number of amides is 2. The fraction of sp³-hybridized carbons (Fsp3) is 0.407. The van der Waals surface area contributed by atoms with E-state index < -0.39 is 11.8 Å². The van der Waals surface area contributed by atoms with Crippen LogP contribution in [-0.4, -0.2) is 58.9 Å². The molecule has 2 aliphatic carbocycles. The fourth-order valence-corrected chi connectivity index (χ4v) is 6.42. The number of nitrogens with zero attached hydrogens (tertiary/aromatic N) is 2. The third-order valence-corrected chi connectivity index (χ3v) is 8.02. The molecule has 0 spiro atoms. The zero-order chi connectivity index (χ0) is 22.7. The Hall–Kier alpha value is -3.28. The maximum absolute atomic E-state index is 13.6. The SMILES string of the molecule is O=C1CC(C(=O)N2C[C@@H]3CCCN(C(=O)C4CC(=O)c5ccccc54)[C@@H]3C2)c2ccccc21. The summed E-state index contributed by atoms with van der Waals surface area (Å²) in [5.74, 6) is -0.525. The number of rotatable bonds is 2. The second kappa shape index (κ2) is 7.65. The monoisotopic (exact) mass is 442 g/mol. The molecule has 6 heteroatoms. The molecule has 2 unspecified atom stereocenters. The van der Waals surface area contributed by atoms with Gasteiger partial charge in [-0.05, 0) is 29.9 Å². The molecule has 4 aliphatic rings. The number of fused-ring (bicyclic) bond motifs is 3. The topological polar surface area (TPSA) is 74.8 Å². The molecule has 0 saturated carbocycles. The third-order valence-electron chi connectivity index (χ3n) is 8.02. The van der Waals surface area contributed by atoms with Gasteiger partial charge in [0.05, 0.1) is 17.9 Å². The van der Waals surface area contributed by atoms with Crippen molar-refractivity contribution in [3.63, 3.8) is 0 Å². The zero-order valence-corrected chi connectivity index (χ0v) is 18.4. The van der Waals surface area contributed by atoms with Gasteiger partial charge >= 0.3 is 0 Å². The quantitative estimate of drug-likeness (QED) is 0.716. The number of benzene rings is 2. The molecule has 2 aliphatic heterocycles. The van der Waals surface area contributed by atoms with E-state index in [1.54, 1.807) is 12.1 Å². The summed E-state index contributed by atoms with van der Waals surface area (Å²) in [5.41, 5.74) is 2.99. The van der Waals surface area contributed by atoms with E-state index in [2.05, 4.69) is 0 Å². The minimum Gasteiger partial charge on any atom is -0.340 e. The lowest BCUT2D eigenvalue weighted by molar-refractivity contribution is -0.138. The first-order chi connectivity index (χ1) is 16.0. The highest BCUT2D eigenvalue weighted by Gasteiger charge is 2.47. The summed E-state index contributed by atoms with van der Waals surface area (Å²) in [4.78, 5) is 55.8. The summed E-state index contributed by atoms with van der Waals surface area (Å²) < 4.78 is 0. The van der Waals surface area contributed by atoms with Crippen molar-refractivity contribution in [3.05, 3.63) is 70.8 Å². The summed E-state index contributed by atoms with van der Waals surface area (Å²) >= 11 is 0. The average Bonchev–Trinajstić information content (AvgIpc) is 3.52. The van der Waals surface area contributed by atoms with Crippen molar-refractivity contribution < 1.29 is 19.2 Å². The molecule has 0 bridgehead atoms. The van der Waals surface area contributed by atoms with Crippen LogP contribution in [-0.2, 0) is 9.59 Å². The maximum atomic E-state index is 13.6. The summed E-state index contributed by atoms with van der Waals surface area (Å²) in [6.45, 7) is 1.80. The van der Waals surface area contributed by atoms with Crippen molar-refractivity contribution in [2.24, 2.45) is 5.92 Å². The van der Waals surface area contributed by atoms with Gasteiger partial charge in [-0.2, -0.15) is 0 Å². The molecule has 168 valence electrons. The van der Waals surface area contributed by atoms with Crippen molar-refractivity contribution in [3.8, 4) is 0 Å².